The van der Waals surface area contributed by atoms with Gasteiger partial charge >= 0.3 is 6.03 Å². The molecule has 1 saturated heterocycles. The SMILES string of the molecule is CN(C)CCNC(=O)N1CCN(CCc2ccc(Cl)cc2Cl)CC1. The van der Waals surface area contributed by atoms with E-state index in [9.17, 15) is 4.79 Å². The summed E-state index contributed by atoms with van der Waals surface area (Å²) < 4.78 is 0. The standard InChI is InChI=1S/C17H26Cl2N4O/c1-21(2)8-6-20-17(24)23-11-9-22(10-12-23)7-5-14-3-4-15(18)13-16(14)19/h3-4,13H,5-12H2,1-2H3,(H,20,24). The maximum Gasteiger partial charge on any atom is 0.317 e. The average Bonchev–Trinajstić information content (AvgIpc) is 2.54. The highest BCUT2D eigenvalue weighted by Crippen LogP contribution is 2.21. The first-order chi connectivity index (χ1) is 11.5. The van der Waals surface area contributed by atoms with Crippen LogP contribution in [0.2, 0.25) is 10.0 Å². The Bertz CT molecular complexity index is 545. The first kappa shape index (κ1) is 19.3. The van der Waals surface area contributed by atoms with Gasteiger partial charge < -0.3 is 15.1 Å². The van der Waals surface area contributed by atoms with Gasteiger partial charge in [-0.05, 0) is 38.2 Å². The van der Waals surface area contributed by atoms with Crippen molar-refractivity contribution >= 4 is 29.2 Å². The largest absolute Gasteiger partial charge is 0.337 e. The summed E-state index contributed by atoms with van der Waals surface area (Å²) in [4.78, 5) is 18.4. The highest BCUT2D eigenvalue weighted by molar-refractivity contribution is 6.35. The lowest BCUT2D eigenvalue weighted by atomic mass is 10.1. The molecule has 0 aromatic heterocycles. The van der Waals surface area contributed by atoms with Gasteiger partial charge in [-0.15, -0.1) is 0 Å². The van der Waals surface area contributed by atoms with E-state index >= 15 is 0 Å². The summed E-state index contributed by atoms with van der Waals surface area (Å²) in [5.74, 6) is 0. The predicted octanol–water partition coefficient (Wildman–Crippen LogP) is 2.42. The van der Waals surface area contributed by atoms with Crippen LogP contribution in [0.4, 0.5) is 4.79 Å². The van der Waals surface area contributed by atoms with Gasteiger partial charge in [0.25, 0.3) is 0 Å². The topological polar surface area (TPSA) is 38.8 Å². The van der Waals surface area contributed by atoms with Crippen LogP contribution in [0.5, 0.6) is 0 Å². The number of carbonyl (C=O) groups excluding carboxylic acids is 1. The van der Waals surface area contributed by atoms with Crippen LogP contribution in [0.25, 0.3) is 0 Å². The molecular weight excluding hydrogens is 347 g/mol. The third kappa shape index (κ3) is 6.13. The van der Waals surface area contributed by atoms with Crippen molar-refractivity contribution in [3.05, 3.63) is 33.8 Å². The van der Waals surface area contributed by atoms with E-state index in [0.717, 1.165) is 56.3 Å². The van der Waals surface area contributed by atoms with Crippen molar-refractivity contribution in [3.8, 4) is 0 Å². The maximum absolute atomic E-state index is 12.1. The molecule has 0 saturated carbocycles. The third-order valence-corrected chi connectivity index (χ3v) is 4.79. The molecule has 7 heteroatoms. The highest BCUT2D eigenvalue weighted by Gasteiger charge is 2.20. The van der Waals surface area contributed by atoms with E-state index in [4.69, 9.17) is 23.2 Å². The predicted molar refractivity (Wildman–Crippen MR) is 100 cm³/mol. The van der Waals surface area contributed by atoms with Gasteiger partial charge in [-0.1, -0.05) is 29.3 Å². The zero-order valence-electron chi connectivity index (χ0n) is 14.4. The number of rotatable bonds is 6. The molecule has 1 aliphatic rings. The Morgan fingerprint density at radius 2 is 1.92 bits per heavy atom. The van der Waals surface area contributed by atoms with Gasteiger partial charge in [-0.3, -0.25) is 4.90 Å². The molecule has 0 atom stereocenters. The summed E-state index contributed by atoms with van der Waals surface area (Å²) >= 11 is 12.1. The summed E-state index contributed by atoms with van der Waals surface area (Å²) in [6.45, 7) is 5.80. The Hall–Kier alpha value is -1.01. The summed E-state index contributed by atoms with van der Waals surface area (Å²) in [5, 5.41) is 4.35. The van der Waals surface area contributed by atoms with Crippen molar-refractivity contribution in [2.45, 2.75) is 6.42 Å². The van der Waals surface area contributed by atoms with Crippen molar-refractivity contribution < 1.29 is 4.79 Å². The number of hydrogen-bond donors (Lipinski definition) is 1. The molecule has 1 aliphatic heterocycles. The molecule has 1 aromatic rings. The van der Waals surface area contributed by atoms with E-state index in [1.54, 1.807) is 6.07 Å². The lowest BCUT2D eigenvalue weighted by molar-refractivity contribution is 0.139. The van der Waals surface area contributed by atoms with Crippen LogP contribution >= 0.6 is 23.2 Å². The Kier molecular flexibility index (Phi) is 7.62. The Morgan fingerprint density at radius 1 is 1.21 bits per heavy atom. The van der Waals surface area contributed by atoms with E-state index in [0.29, 0.717) is 11.6 Å². The molecule has 0 aliphatic carbocycles. The molecule has 2 amide bonds. The highest BCUT2D eigenvalue weighted by atomic mass is 35.5. The fraction of sp³-hybridized carbons (Fsp3) is 0.588. The Morgan fingerprint density at radius 3 is 2.54 bits per heavy atom. The minimum atomic E-state index is 0.0391. The van der Waals surface area contributed by atoms with Crippen molar-refractivity contribution in [1.29, 1.82) is 0 Å². The monoisotopic (exact) mass is 372 g/mol. The number of amides is 2. The number of urea groups is 1. The molecule has 1 heterocycles. The minimum Gasteiger partial charge on any atom is -0.337 e. The molecule has 134 valence electrons. The number of nitrogens with one attached hydrogen (secondary N) is 1. The van der Waals surface area contributed by atoms with Gasteiger partial charge in [0, 0.05) is 55.9 Å². The van der Waals surface area contributed by atoms with E-state index in [-0.39, 0.29) is 6.03 Å². The number of hydrogen-bond acceptors (Lipinski definition) is 3. The van der Waals surface area contributed by atoms with E-state index < -0.39 is 0 Å². The minimum absolute atomic E-state index is 0.0391. The summed E-state index contributed by atoms with van der Waals surface area (Å²) in [6, 6.07) is 5.68. The van der Waals surface area contributed by atoms with Crippen molar-refractivity contribution in [1.82, 2.24) is 20.0 Å². The lowest BCUT2D eigenvalue weighted by Crippen LogP contribution is -2.52. The lowest BCUT2D eigenvalue weighted by Gasteiger charge is -2.34. The first-order valence-corrected chi connectivity index (χ1v) is 9.05. The number of nitrogens with zero attached hydrogens (tertiary/aromatic N) is 3. The Labute approximate surface area is 154 Å². The van der Waals surface area contributed by atoms with Gasteiger partial charge in [0.2, 0.25) is 0 Å². The van der Waals surface area contributed by atoms with Crippen LogP contribution in [-0.2, 0) is 6.42 Å². The van der Waals surface area contributed by atoms with Crippen molar-refractivity contribution in [2.75, 3.05) is 59.9 Å². The third-order valence-electron chi connectivity index (χ3n) is 4.21. The molecule has 24 heavy (non-hydrogen) atoms. The van der Waals surface area contributed by atoms with Crippen LogP contribution in [0.15, 0.2) is 18.2 Å². The first-order valence-electron chi connectivity index (χ1n) is 8.29. The van der Waals surface area contributed by atoms with Crippen LogP contribution in [0.1, 0.15) is 5.56 Å². The average molecular weight is 373 g/mol. The zero-order chi connectivity index (χ0) is 17.5. The van der Waals surface area contributed by atoms with Gasteiger partial charge in [-0.2, -0.15) is 0 Å². The second-order valence-corrected chi connectivity index (χ2v) is 7.19. The summed E-state index contributed by atoms with van der Waals surface area (Å²) in [5.41, 5.74) is 1.12. The molecule has 1 fully saturated rings. The second kappa shape index (κ2) is 9.47. The van der Waals surface area contributed by atoms with E-state index in [1.165, 1.54) is 0 Å². The van der Waals surface area contributed by atoms with E-state index in [2.05, 4.69) is 15.1 Å². The van der Waals surface area contributed by atoms with E-state index in [1.807, 2.05) is 31.1 Å². The molecule has 0 unspecified atom stereocenters. The molecular formula is C17H26Cl2N4O. The van der Waals surface area contributed by atoms with Crippen LogP contribution in [0, 0.1) is 0 Å². The smallest absolute Gasteiger partial charge is 0.317 e. The molecule has 1 N–H and O–H groups in total. The fourth-order valence-corrected chi connectivity index (χ4v) is 3.18. The number of benzene rings is 1. The Balaban J connectivity index is 1.69. The summed E-state index contributed by atoms with van der Waals surface area (Å²) in [7, 11) is 4.00. The van der Waals surface area contributed by atoms with Crippen molar-refractivity contribution in [2.24, 2.45) is 0 Å². The number of halogens is 2. The van der Waals surface area contributed by atoms with Gasteiger partial charge in [0.1, 0.15) is 0 Å². The normalized spacial score (nSPS) is 15.8. The maximum atomic E-state index is 12.1. The fourth-order valence-electron chi connectivity index (χ4n) is 2.68. The van der Waals surface area contributed by atoms with Gasteiger partial charge in [0.05, 0.1) is 0 Å². The number of likely N-dealkylation sites (N-methyl/N-ethyl adjacent to an activating group) is 1. The van der Waals surface area contributed by atoms with Crippen molar-refractivity contribution in [3.63, 3.8) is 0 Å². The van der Waals surface area contributed by atoms with Crippen LogP contribution in [-0.4, -0.2) is 80.6 Å². The molecule has 1 aromatic carbocycles. The number of carbonyl (C=O) groups is 1. The quantitative estimate of drug-likeness (QED) is 0.833. The molecule has 2 rings (SSSR count). The van der Waals surface area contributed by atoms with Crippen LogP contribution < -0.4 is 5.32 Å². The zero-order valence-corrected chi connectivity index (χ0v) is 15.9. The molecule has 5 nitrogen and oxygen atoms in total. The molecule has 0 radical (unpaired) electrons. The molecule has 0 bridgehead atoms. The molecule has 0 spiro atoms. The summed E-state index contributed by atoms with van der Waals surface area (Å²) in [6.07, 6.45) is 0.894. The van der Waals surface area contributed by atoms with Gasteiger partial charge in [0.15, 0.2) is 0 Å². The van der Waals surface area contributed by atoms with Crippen LogP contribution in [0.3, 0.4) is 0 Å². The number of piperazine rings is 1. The van der Waals surface area contributed by atoms with Gasteiger partial charge in [-0.25, -0.2) is 4.79 Å². The second-order valence-electron chi connectivity index (χ2n) is 6.35.